The zero-order chi connectivity index (χ0) is 21.5. The molecule has 0 bridgehead atoms. The molecular weight excluding hydrogens is 410 g/mol. The number of carbonyl (C=O) groups is 1. The molecule has 1 aromatic heterocycles. The molecular formula is C19H26F2N8O2. The van der Waals surface area contributed by atoms with Crippen LogP contribution >= 0.6 is 0 Å². The second-order valence-electron chi connectivity index (χ2n) is 8.23. The number of morpholine rings is 1. The van der Waals surface area contributed by atoms with E-state index in [0.717, 1.165) is 19.3 Å². The second-order valence-corrected chi connectivity index (χ2v) is 8.23. The van der Waals surface area contributed by atoms with Crippen LogP contribution in [0.5, 0.6) is 0 Å². The lowest BCUT2D eigenvalue weighted by Crippen LogP contribution is -2.58. The molecule has 0 aromatic carbocycles. The Morgan fingerprint density at radius 2 is 2.16 bits per heavy atom. The molecule has 0 radical (unpaired) electrons. The molecule has 31 heavy (non-hydrogen) atoms. The molecule has 3 fully saturated rings. The van der Waals surface area contributed by atoms with Crippen molar-refractivity contribution in [1.82, 2.24) is 25.6 Å². The van der Waals surface area contributed by atoms with Crippen LogP contribution < -0.4 is 26.7 Å². The minimum atomic E-state index is -0.718. The zero-order valence-corrected chi connectivity index (χ0v) is 16.9. The van der Waals surface area contributed by atoms with Crippen LogP contribution in [-0.4, -0.2) is 85.1 Å². The molecule has 1 amide bonds. The van der Waals surface area contributed by atoms with Gasteiger partial charge in [-0.05, 0) is 0 Å². The number of hydrogen-bond donors (Lipinski definition) is 4. The van der Waals surface area contributed by atoms with Gasteiger partial charge >= 0.3 is 0 Å². The highest BCUT2D eigenvalue weighted by atomic mass is 19.1. The van der Waals surface area contributed by atoms with Crippen molar-refractivity contribution in [3.8, 4) is 0 Å². The summed E-state index contributed by atoms with van der Waals surface area (Å²) in [4.78, 5) is 21.3. The number of hydrogen-bond acceptors (Lipinski definition) is 9. The topological polar surface area (TPSA) is 111 Å². The fraction of sp³-hybridized carbons (Fsp3) is 0.579. The van der Waals surface area contributed by atoms with Crippen molar-refractivity contribution in [2.75, 3.05) is 56.2 Å². The highest BCUT2D eigenvalue weighted by Crippen LogP contribution is 2.32. The molecule has 0 aliphatic carbocycles. The molecule has 4 atom stereocenters. The number of piperazine rings is 1. The maximum Gasteiger partial charge on any atom is 0.234 e. The fourth-order valence-electron chi connectivity index (χ4n) is 4.78. The van der Waals surface area contributed by atoms with E-state index in [9.17, 15) is 13.6 Å². The van der Waals surface area contributed by atoms with Gasteiger partial charge in [-0.3, -0.25) is 14.7 Å². The van der Waals surface area contributed by atoms with Gasteiger partial charge in [0.15, 0.2) is 5.82 Å². The quantitative estimate of drug-likeness (QED) is 0.481. The molecule has 0 spiro atoms. The number of pyridine rings is 1. The van der Waals surface area contributed by atoms with E-state index >= 15 is 0 Å². The lowest BCUT2D eigenvalue weighted by Gasteiger charge is -2.44. The molecule has 5 N–H and O–H groups in total. The molecule has 3 unspecified atom stereocenters. The van der Waals surface area contributed by atoms with Gasteiger partial charge in [0, 0.05) is 32.4 Å². The Kier molecular flexibility index (Phi) is 5.48. The number of rotatable bonds is 3. The number of nitrogens with two attached hydrogens (primary N) is 1. The van der Waals surface area contributed by atoms with Crippen LogP contribution in [0, 0.1) is 11.7 Å². The Hall–Kier alpha value is -2.38. The lowest BCUT2D eigenvalue weighted by atomic mass is 10.0. The third kappa shape index (κ3) is 3.85. The number of hydrazine groups is 1. The summed E-state index contributed by atoms with van der Waals surface area (Å²) < 4.78 is 34.0. The van der Waals surface area contributed by atoms with Gasteiger partial charge in [-0.25, -0.2) is 19.2 Å². The largest absolute Gasteiger partial charge is 0.378 e. The number of halogens is 2. The van der Waals surface area contributed by atoms with Crippen molar-refractivity contribution in [3.63, 3.8) is 0 Å². The zero-order valence-electron chi connectivity index (χ0n) is 16.9. The summed E-state index contributed by atoms with van der Waals surface area (Å²) >= 11 is 0. The number of nitrogens with one attached hydrogen (secondary N) is 3. The summed E-state index contributed by atoms with van der Waals surface area (Å²) in [5.41, 5.74) is 9.62. The molecule has 1 aromatic rings. The second kappa shape index (κ2) is 8.28. The standard InChI is InChI=1S/C19H26F2N8O2/c20-11-5-24-18-15(17(22)26-29(18)8-11)19(30)25-14-7-23-6-13(21)16(14)28-2-1-27-3-4-31-10-12(27)9-28/h5-7,12,15,17-18,24,26H,1-4,8-10,22H2,(H,25,30)/t12-,15?,17?,18?/m0/s1. The van der Waals surface area contributed by atoms with Gasteiger partial charge in [0.1, 0.15) is 23.6 Å². The lowest BCUT2D eigenvalue weighted by molar-refractivity contribution is -0.121. The van der Waals surface area contributed by atoms with Crippen LogP contribution in [0.2, 0.25) is 0 Å². The molecule has 5 rings (SSSR count). The van der Waals surface area contributed by atoms with Crippen molar-refractivity contribution in [2.24, 2.45) is 11.7 Å². The first-order chi connectivity index (χ1) is 15.0. The molecule has 168 valence electrons. The molecule has 0 saturated carbocycles. The Bertz CT molecular complexity index is 886. The number of anilines is 2. The summed E-state index contributed by atoms with van der Waals surface area (Å²) in [7, 11) is 0. The number of aromatic nitrogens is 1. The Labute approximate surface area is 178 Å². The summed E-state index contributed by atoms with van der Waals surface area (Å²) in [5, 5.41) is 7.23. The van der Waals surface area contributed by atoms with Crippen molar-refractivity contribution in [2.45, 2.75) is 18.4 Å². The fourth-order valence-corrected chi connectivity index (χ4v) is 4.78. The van der Waals surface area contributed by atoms with Gasteiger partial charge in [-0.1, -0.05) is 0 Å². The average Bonchev–Trinajstić information content (AvgIpc) is 3.08. The SMILES string of the molecule is NC1NN2CC(F)=CNC2C1C(=O)Nc1cncc(F)c1N1CCN2CCOC[C@@H]2C1. The van der Waals surface area contributed by atoms with Gasteiger partial charge in [-0.2, -0.15) is 0 Å². The first-order valence-corrected chi connectivity index (χ1v) is 10.4. The highest BCUT2D eigenvalue weighted by Gasteiger charge is 2.46. The van der Waals surface area contributed by atoms with Gasteiger partial charge in [0.25, 0.3) is 0 Å². The maximum absolute atomic E-state index is 14.9. The van der Waals surface area contributed by atoms with Crippen molar-refractivity contribution >= 4 is 17.3 Å². The van der Waals surface area contributed by atoms with Crippen molar-refractivity contribution in [1.29, 1.82) is 0 Å². The number of carbonyl (C=O) groups excluding carboxylic acids is 1. The summed E-state index contributed by atoms with van der Waals surface area (Å²) in [6.45, 7) is 4.20. The van der Waals surface area contributed by atoms with E-state index < -0.39 is 30.0 Å². The molecule has 12 heteroatoms. The first kappa shape index (κ1) is 20.5. The number of nitrogens with zero attached hydrogens (tertiary/aromatic N) is 4. The molecule has 3 saturated heterocycles. The first-order valence-electron chi connectivity index (χ1n) is 10.4. The summed E-state index contributed by atoms with van der Waals surface area (Å²) in [6.07, 6.45) is 2.60. The Balaban J connectivity index is 1.35. The summed E-state index contributed by atoms with van der Waals surface area (Å²) in [5.74, 6) is -1.98. The van der Waals surface area contributed by atoms with E-state index in [1.54, 1.807) is 5.01 Å². The van der Waals surface area contributed by atoms with E-state index in [2.05, 4.69) is 25.9 Å². The highest BCUT2D eigenvalue weighted by molar-refractivity contribution is 5.96. The molecule has 4 aliphatic rings. The normalized spacial score (nSPS) is 31.5. The number of amides is 1. The Morgan fingerprint density at radius 1 is 1.29 bits per heavy atom. The number of ether oxygens (including phenoxy) is 1. The molecule has 5 heterocycles. The van der Waals surface area contributed by atoms with Crippen molar-refractivity contribution < 1.29 is 18.3 Å². The van der Waals surface area contributed by atoms with E-state index in [1.807, 2.05) is 4.90 Å². The van der Waals surface area contributed by atoms with Crippen LogP contribution in [0.3, 0.4) is 0 Å². The van der Waals surface area contributed by atoms with Crippen LogP contribution in [0.15, 0.2) is 24.4 Å². The van der Waals surface area contributed by atoms with E-state index in [-0.39, 0.29) is 18.4 Å². The molecule has 4 aliphatic heterocycles. The average molecular weight is 436 g/mol. The van der Waals surface area contributed by atoms with Crippen LogP contribution in [0.25, 0.3) is 0 Å². The van der Waals surface area contributed by atoms with E-state index in [1.165, 1.54) is 12.4 Å². The minimum absolute atomic E-state index is 0.00958. The van der Waals surface area contributed by atoms with Crippen LogP contribution in [-0.2, 0) is 9.53 Å². The predicted molar refractivity (Wildman–Crippen MR) is 109 cm³/mol. The van der Waals surface area contributed by atoms with E-state index in [4.69, 9.17) is 10.5 Å². The van der Waals surface area contributed by atoms with Gasteiger partial charge < -0.3 is 26.0 Å². The van der Waals surface area contributed by atoms with Gasteiger partial charge in [-0.15, -0.1) is 0 Å². The van der Waals surface area contributed by atoms with Crippen LogP contribution in [0.4, 0.5) is 20.2 Å². The third-order valence-electron chi connectivity index (χ3n) is 6.30. The maximum atomic E-state index is 14.9. The smallest absolute Gasteiger partial charge is 0.234 e. The third-order valence-corrected chi connectivity index (χ3v) is 6.30. The Morgan fingerprint density at radius 3 is 3.03 bits per heavy atom. The number of fused-ring (bicyclic) bond motifs is 2. The molecule has 10 nitrogen and oxygen atoms in total. The van der Waals surface area contributed by atoms with Gasteiger partial charge in [0.05, 0.1) is 50.0 Å². The van der Waals surface area contributed by atoms with Crippen molar-refractivity contribution in [3.05, 3.63) is 30.2 Å². The van der Waals surface area contributed by atoms with E-state index in [0.29, 0.717) is 37.7 Å². The minimum Gasteiger partial charge on any atom is -0.378 e. The van der Waals surface area contributed by atoms with Crippen LogP contribution in [0.1, 0.15) is 0 Å². The monoisotopic (exact) mass is 436 g/mol. The summed E-state index contributed by atoms with van der Waals surface area (Å²) in [6, 6.07) is 0.174. The predicted octanol–water partition coefficient (Wildman–Crippen LogP) is -0.859. The van der Waals surface area contributed by atoms with Gasteiger partial charge in [0.2, 0.25) is 5.91 Å².